The highest BCUT2D eigenvalue weighted by molar-refractivity contribution is 6.35. The molecule has 1 fully saturated rings. The van der Waals surface area contributed by atoms with Crippen molar-refractivity contribution in [2.45, 2.75) is 0 Å². The van der Waals surface area contributed by atoms with Gasteiger partial charge in [-0.25, -0.2) is 4.98 Å². The van der Waals surface area contributed by atoms with E-state index in [2.05, 4.69) is 21.9 Å². The molecule has 0 aliphatic carbocycles. The highest BCUT2D eigenvalue weighted by atomic mass is 35.5. The topological polar surface area (TPSA) is 52.2 Å². The number of carbonyl (C=O) groups excluding carboxylic acids is 1. The second-order valence-corrected chi connectivity index (χ2v) is 6.82. The van der Waals surface area contributed by atoms with Crippen LogP contribution in [0.1, 0.15) is 10.4 Å². The van der Waals surface area contributed by atoms with E-state index < -0.39 is 0 Å². The monoisotopic (exact) mass is 354 g/mol. The van der Waals surface area contributed by atoms with Gasteiger partial charge in [-0.15, -0.1) is 0 Å². The van der Waals surface area contributed by atoms with Crippen LogP contribution in [0.3, 0.4) is 0 Å². The fourth-order valence-electron chi connectivity index (χ4n) is 3.16. The summed E-state index contributed by atoms with van der Waals surface area (Å²) in [7, 11) is 2.08. The molecule has 5 nitrogen and oxygen atoms in total. The molecule has 3 heterocycles. The minimum Gasteiger partial charge on any atom is -0.339 e. The van der Waals surface area contributed by atoms with E-state index in [0.29, 0.717) is 10.6 Å². The Labute approximate surface area is 151 Å². The maximum absolute atomic E-state index is 12.8. The largest absolute Gasteiger partial charge is 0.339 e. The molecule has 1 N–H and O–H groups in total. The number of halogens is 1. The number of fused-ring (bicyclic) bond motifs is 1. The van der Waals surface area contributed by atoms with E-state index in [-0.39, 0.29) is 5.91 Å². The van der Waals surface area contributed by atoms with Crippen molar-refractivity contribution in [1.29, 1.82) is 0 Å². The lowest BCUT2D eigenvalue weighted by Gasteiger charge is -2.32. The van der Waals surface area contributed by atoms with Crippen molar-refractivity contribution in [3.05, 3.63) is 53.2 Å². The fraction of sp³-hybridized carbons (Fsp3) is 0.263. The maximum atomic E-state index is 12.8. The summed E-state index contributed by atoms with van der Waals surface area (Å²) >= 11 is 6.23. The van der Waals surface area contributed by atoms with E-state index in [1.54, 1.807) is 12.3 Å². The Hall–Kier alpha value is -2.37. The lowest BCUT2D eigenvalue weighted by Crippen LogP contribution is -2.47. The number of amides is 1. The van der Waals surface area contributed by atoms with Crippen LogP contribution >= 0.6 is 11.6 Å². The molecule has 6 heteroatoms. The first kappa shape index (κ1) is 16.1. The van der Waals surface area contributed by atoms with Gasteiger partial charge in [-0.3, -0.25) is 4.79 Å². The van der Waals surface area contributed by atoms with Gasteiger partial charge < -0.3 is 14.8 Å². The zero-order valence-electron chi connectivity index (χ0n) is 14.0. The SMILES string of the molecule is CN1CCN(C(=O)c2cccc(-c3cc4c(Cl)ccnc4[nH]3)c2)CC1. The quantitative estimate of drug-likeness (QED) is 0.768. The number of nitrogens with one attached hydrogen (secondary N) is 1. The zero-order chi connectivity index (χ0) is 17.4. The molecule has 1 aliphatic heterocycles. The molecule has 0 spiro atoms. The second kappa shape index (κ2) is 6.50. The Bertz CT molecular complexity index is 928. The van der Waals surface area contributed by atoms with Crippen LogP contribution in [0.4, 0.5) is 0 Å². The molecule has 25 heavy (non-hydrogen) atoms. The minimum atomic E-state index is 0.0854. The van der Waals surface area contributed by atoms with E-state index in [1.165, 1.54) is 0 Å². The molecule has 1 aromatic carbocycles. The first-order valence-corrected chi connectivity index (χ1v) is 8.71. The number of aromatic nitrogens is 2. The van der Waals surface area contributed by atoms with Crippen molar-refractivity contribution < 1.29 is 4.79 Å². The van der Waals surface area contributed by atoms with Gasteiger partial charge >= 0.3 is 0 Å². The first-order valence-electron chi connectivity index (χ1n) is 8.33. The number of pyridine rings is 1. The molecular weight excluding hydrogens is 336 g/mol. The van der Waals surface area contributed by atoms with Crippen LogP contribution in [0, 0.1) is 0 Å². The van der Waals surface area contributed by atoms with Crippen molar-refractivity contribution in [3.63, 3.8) is 0 Å². The number of hydrogen-bond donors (Lipinski definition) is 1. The number of likely N-dealkylation sites (N-methyl/N-ethyl adjacent to an activating group) is 1. The number of aromatic amines is 1. The summed E-state index contributed by atoms with van der Waals surface area (Å²) in [5.74, 6) is 0.0854. The van der Waals surface area contributed by atoms with Crippen LogP contribution in [0.2, 0.25) is 5.02 Å². The summed E-state index contributed by atoms with van der Waals surface area (Å²) in [6.07, 6.45) is 1.68. The summed E-state index contributed by atoms with van der Waals surface area (Å²) < 4.78 is 0. The standard InChI is InChI=1S/C19H19ClN4O/c1-23-7-9-24(10-8-23)19(25)14-4-2-3-13(11-14)17-12-15-16(20)5-6-21-18(15)22-17/h2-6,11-12H,7-10H2,1H3,(H,21,22). The van der Waals surface area contributed by atoms with E-state index in [1.807, 2.05) is 35.2 Å². The molecule has 1 amide bonds. The van der Waals surface area contributed by atoms with E-state index >= 15 is 0 Å². The molecule has 1 saturated heterocycles. The Balaban J connectivity index is 1.64. The summed E-state index contributed by atoms with van der Waals surface area (Å²) in [6, 6.07) is 11.5. The minimum absolute atomic E-state index is 0.0854. The summed E-state index contributed by atoms with van der Waals surface area (Å²) in [5.41, 5.74) is 3.32. The van der Waals surface area contributed by atoms with Gasteiger partial charge in [-0.05, 0) is 36.9 Å². The molecule has 0 radical (unpaired) electrons. The van der Waals surface area contributed by atoms with E-state index in [4.69, 9.17) is 11.6 Å². The van der Waals surface area contributed by atoms with Gasteiger partial charge in [0.15, 0.2) is 0 Å². The number of H-pyrrole nitrogens is 1. The number of hydrogen-bond acceptors (Lipinski definition) is 3. The smallest absolute Gasteiger partial charge is 0.253 e. The summed E-state index contributed by atoms with van der Waals surface area (Å²) in [6.45, 7) is 3.37. The zero-order valence-corrected chi connectivity index (χ0v) is 14.8. The lowest BCUT2D eigenvalue weighted by molar-refractivity contribution is 0.0664. The number of rotatable bonds is 2. The Kier molecular flexibility index (Phi) is 4.19. The third-order valence-corrected chi connectivity index (χ3v) is 5.02. The molecule has 0 saturated carbocycles. The van der Waals surface area contributed by atoms with Crippen LogP contribution in [0.5, 0.6) is 0 Å². The molecule has 4 rings (SSSR count). The Morgan fingerprint density at radius 3 is 2.72 bits per heavy atom. The van der Waals surface area contributed by atoms with Crippen LogP contribution in [-0.4, -0.2) is 58.9 Å². The average Bonchev–Trinajstić information content (AvgIpc) is 3.08. The van der Waals surface area contributed by atoms with Crippen molar-refractivity contribution >= 4 is 28.5 Å². The number of nitrogens with zero attached hydrogens (tertiary/aromatic N) is 3. The molecule has 0 unspecified atom stereocenters. The van der Waals surface area contributed by atoms with Gasteiger partial charge in [-0.1, -0.05) is 23.7 Å². The van der Waals surface area contributed by atoms with Crippen molar-refractivity contribution in [2.75, 3.05) is 33.2 Å². The van der Waals surface area contributed by atoms with E-state index in [9.17, 15) is 4.79 Å². The predicted molar refractivity (Wildman–Crippen MR) is 99.9 cm³/mol. The van der Waals surface area contributed by atoms with Crippen molar-refractivity contribution in [3.8, 4) is 11.3 Å². The third-order valence-electron chi connectivity index (χ3n) is 4.69. The predicted octanol–water partition coefficient (Wildman–Crippen LogP) is 3.27. The van der Waals surface area contributed by atoms with Gasteiger partial charge in [0.2, 0.25) is 0 Å². The van der Waals surface area contributed by atoms with Crippen LogP contribution in [0.15, 0.2) is 42.6 Å². The normalized spacial score (nSPS) is 15.7. The van der Waals surface area contributed by atoms with Crippen molar-refractivity contribution in [2.24, 2.45) is 0 Å². The second-order valence-electron chi connectivity index (χ2n) is 6.41. The molecule has 0 atom stereocenters. The molecule has 2 aromatic heterocycles. The van der Waals surface area contributed by atoms with Crippen molar-refractivity contribution in [1.82, 2.24) is 19.8 Å². The Morgan fingerprint density at radius 2 is 1.96 bits per heavy atom. The molecule has 0 bridgehead atoms. The van der Waals surface area contributed by atoms with Gasteiger partial charge in [0.1, 0.15) is 5.65 Å². The van der Waals surface area contributed by atoms with Gasteiger partial charge in [0, 0.05) is 49.0 Å². The van der Waals surface area contributed by atoms with Gasteiger partial charge in [0.25, 0.3) is 5.91 Å². The fourth-order valence-corrected chi connectivity index (χ4v) is 3.36. The number of piperazine rings is 1. The average molecular weight is 355 g/mol. The highest BCUT2D eigenvalue weighted by Crippen LogP contribution is 2.28. The molecule has 1 aliphatic rings. The maximum Gasteiger partial charge on any atom is 0.253 e. The number of benzene rings is 1. The number of carbonyl (C=O) groups is 1. The van der Waals surface area contributed by atoms with Crippen LogP contribution in [-0.2, 0) is 0 Å². The lowest BCUT2D eigenvalue weighted by atomic mass is 10.1. The Morgan fingerprint density at radius 1 is 1.16 bits per heavy atom. The highest BCUT2D eigenvalue weighted by Gasteiger charge is 2.20. The van der Waals surface area contributed by atoms with Crippen LogP contribution < -0.4 is 0 Å². The summed E-state index contributed by atoms with van der Waals surface area (Å²) in [5, 5.41) is 1.55. The first-order chi connectivity index (χ1) is 12.1. The molecule has 3 aromatic rings. The van der Waals surface area contributed by atoms with Gasteiger partial charge in [0.05, 0.1) is 5.02 Å². The molecule has 128 valence electrons. The van der Waals surface area contributed by atoms with Gasteiger partial charge in [-0.2, -0.15) is 0 Å². The van der Waals surface area contributed by atoms with Crippen LogP contribution in [0.25, 0.3) is 22.3 Å². The van der Waals surface area contributed by atoms with E-state index in [0.717, 1.165) is 48.5 Å². The third kappa shape index (κ3) is 3.13. The summed E-state index contributed by atoms with van der Waals surface area (Å²) in [4.78, 5) is 24.5. The molecular formula is C19H19ClN4O.